The molecular weight excluding hydrogens is 298 g/mol. The number of carbonyl (C=O) groups excluding carboxylic acids is 2. The lowest BCUT2D eigenvalue weighted by molar-refractivity contribution is -0.132. The number of nitrogens with zero attached hydrogens (tertiary/aromatic N) is 2. The molecule has 0 bridgehead atoms. The lowest BCUT2D eigenvalue weighted by Gasteiger charge is -2.21. The Kier molecular flexibility index (Phi) is 5.81. The van der Waals surface area contributed by atoms with E-state index in [9.17, 15) is 9.59 Å². The third kappa shape index (κ3) is 5.14. The van der Waals surface area contributed by atoms with E-state index < -0.39 is 0 Å². The molecule has 0 fully saturated rings. The van der Waals surface area contributed by atoms with Crippen molar-refractivity contribution in [2.45, 2.75) is 13.3 Å². The van der Waals surface area contributed by atoms with Crippen LogP contribution in [0.25, 0.3) is 0 Å². The number of hydrogen-bond donors (Lipinski definition) is 1. The normalized spacial score (nSPS) is 12.3. The summed E-state index contributed by atoms with van der Waals surface area (Å²) in [6.07, 6.45) is 0.823. The van der Waals surface area contributed by atoms with Crippen LogP contribution in [-0.2, 0) is 9.59 Å². The second-order valence-corrected chi connectivity index (χ2v) is 5.71. The van der Waals surface area contributed by atoms with Gasteiger partial charge >= 0.3 is 0 Å². The first kappa shape index (κ1) is 17.1. The van der Waals surface area contributed by atoms with Gasteiger partial charge in [-0.1, -0.05) is 0 Å². The van der Waals surface area contributed by atoms with Crippen LogP contribution in [-0.4, -0.2) is 62.1 Å². The van der Waals surface area contributed by atoms with Gasteiger partial charge in [-0.15, -0.1) is 0 Å². The fraction of sp³-hybridized carbons (Fsp3) is 0.500. The number of ether oxygens (including phenoxy) is 2. The molecule has 1 aromatic rings. The second kappa shape index (κ2) is 7.82. The summed E-state index contributed by atoms with van der Waals surface area (Å²) >= 11 is 0. The first-order valence-corrected chi connectivity index (χ1v) is 7.55. The molecule has 0 unspecified atom stereocenters. The zero-order valence-corrected chi connectivity index (χ0v) is 13.8. The number of amides is 2. The summed E-state index contributed by atoms with van der Waals surface area (Å²) in [5, 5.41) is 2.78. The van der Waals surface area contributed by atoms with Crippen molar-refractivity contribution in [1.82, 2.24) is 9.80 Å². The molecule has 2 amide bonds. The summed E-state index contributed by atoms with van der Waals surface area (Å²) in [5.41, 5.74) is 0.621. The van der Waals surface area contributed by atoms with Gasteiger partial charge in [-0.2, -0.15) is 0 Å². The van der Waals surface area contributed by atoms with Crippen LogP contribution < -0.4 is 14.8 Å². The minimum absolute atomic E-state index is 0.0389. The van der Waals surface area contributed by atoms with Gasteiger partial charge < -0.3 is 24.6 Å². The van der Waals surface area contributed by atoms with Crippen molar-refractivity contribution in [1.29, 1.82) is 0 Å². The highest BCUT2D eigenvalue weighted by atomic mass is 16.7. The van der Waals surface area contributed by atoms with Gasteiger partial charge in [0.05, 0.1) is 6.54 Å². The van der Waals surface area contributed by atoms with Crippen LogP contribution in [0.4, 0.5) is 5.69 Å². The molecule has 126 valence electrons. The van der Waals surface area contributed by atoms with Gasteiger partial charge in [-0.05, 0) is 39.2 Å². The van der Waals surface area contributed by atoms with E-state index in [1.54, 1.807) is 23.1 Å². The molecule has 2 rings (SSSR count). The number of carbonyl (C=O) groups is 2. The Balaban J connectivity index is 1.87. The zero-order valence-electron chi connectivity index (χ0n) is 13.8. The van der Waals surface area contributed by atoms with Crippen molar-refractivity contribution in [2.75, 3.05) is 45.8 Å². The fourth-order valence-electron chi connectivity index (χ4n) is 2.27. The average molecular weight is 321 g/mol. The maximum Gasteiger partial charge on any atom is 0.243 e. The van der Waals surface area contributed by atoms with E-state index in [0.29, 0.717) is 23.7 Å². The lowest BCUT2D eigenvalue weighted by atomic mass is 10.2. The van der Waals surface area contributed by atoms with Crippen molar-refractivity contribution < 1.29 is 19.1 Å². The fourth-order valence-corrected chi connectivity index (χ4v) is 2.27. The van der Waals surface area contributed by atoms with Crippen LogP contribution >= 0.6 is 0 Å². The number of fused-ring (bicyclic) bond motifs is 1. The van der Waals surface area contributed by atoms with Crippen LogP contribution in [0.15, 0.2) is 18.2 Å². The van der Waals surface area contributed by atoms with Gasteiger partial charge in [-0.25, -0.2) is 0 Å². The second-order valence-electron chi connectivity index (χ2n) is 5.71. The first-order chi connectivity index (χ1) is 11.0. The Morgan fingerprint density at radius 1 is 1.17 bits per heavy atom. The van der Waals surface area contributed by atoms with Crippen LogP contribution in [0.5, 0.6) is 11.5 Å². The summed E-state index contributed by atoms with van der Waals surface area (Å²) in [6.45, 7) is 3.13. The first-order valence-electron chi connectivity index (χ1n) is 7.55. The Labute approximate surface area is 136 Å². The van der Waals surface area contributed by atoms with Crippen molar-refractivity contribution in [2.24, 2.45) is 0 Å². The minimum atomic E-state index is -0.232. The highest BCUT2D eigenvalue weighted by Crippen LogP contribution is 2.34. The van der Waals surface area contributed by atoms with Gasteiger partial charge in [0, 0.05) is 25.2 Å². The van der Waals surface area contributed by atoms with Crippen molar-refractivity contribution in [3.05, 3.63) is 18.2 Å². The van der Waals surface area contributed by atoms with E-state index in [0.717, 1.165) is 13.0 Å². The maximum atomic E-state index is 12.1. The number of anilines is 1. The minimum Gasteiger partial charge on any atom is -0.454 e. The number of hydrogen-bond acceptors (Lipinski definition) is 5. The molecule has 0 spiro atoms. The number of nitrogens with one attached hydrogen (secondary N) is 1. The van der Waals surface area contributed by atoms with Gasteiger partial charge in [0.25, 0.3) is 0 Å². The number of benzene rings is 1. The lowest BCUT2D eigenvalue weighted by Crippen LogP contribution is -2.38. The molecule has 0 saturated heterocycles. The molecule has 23 heavy (non-hydrogen) atoms. The zero-order chi connectivity index (χ0) is 16.8. The number of rotatable bonds is 7. The van der Waals surface area contributed by atoms with E-state index >= 15 is 0 Å². The highest BCUT2D eigenvalue weighted by molar-refractivity contribution is 5.94. The highest BCUT2D eigenvalue weighted by Gasteiger charge is 2.16. The standard InChI is InChI=1S/C16H23N3O4/c1-12(20)19(8-4-7-18(2)3)10-16(21)17-13-5-6-14-15(9-13)23-11-22-14/h5-6,9H,4,7-8,10-11H2,1-3H3,(H,17,21). The van der Waals surface area contributed by atoms with E-state index in [-0.39, 0.29) is 25.2 Å². The largest absolute Gasteiger partial charge is 0.454 e. The molecule has 0 saturated carbocycles. The van der Waals surface area contributed by atoms with Crippen molar-refractivity contribution in [3.8, 4) is 11.5 Å². The predicted octanol–water partition coefficient (Wildman–Crippen LogP) is 1.15. The summed E-state index contributed by atoms with van der Waals surface area (Å²) < 4.78 is 10.5. The van der Waals surface area contributed by atoms with E-state index in [1.807, 2.05) is 19.0 Å². The predicted molar refractivity (Wildman–Crippen MR) is 86.6 cm³/mol. The van der Waals surface area contributed by atoms with Crippen molar-refractivity contribution in [3.63, 3.8) is 0 Å². The Hall–Kier alpha value is -2.28. The molecule has 0 aliphatic carbocycles. The summed E-state index contributed by atoms with van der Waals surface area (Å²) in [4.78, 5) is 27.4. The smallest absolute Gasteiger partial charge is 0.243 e. The van der Waals surface area contributed by atoms with Gasteiger partial charge in [0.15, 0.2) is 11.5 Å². The van der Waals surface area contributed by atoms with Gasteiger partial charge in [0.1, 0.15) is 0 Å². The van der Waals surface area contributed by atoms with Crippen LogP contribution in [0.3, 0.4) is 0 Å². The molecule has 7 heteroatoms. The molecular formula is C16H23N3O4. The topological polar surface area (TPSA) is 71.1 Å². The molecule has 1 heterocycles. The van der Waals surface area contributed by atoms with Gasteiger partial charge in [-0.3, -0.25) is 9.59 Å². The van der Waals surface area contributed by atoms with Crippen LogP contribution in [0, 0.1) is 0 Å². The molecule has 0 aromatic heterocycles. The Bertz CT molecular complexity index is 574. The molecule has 1 N–H and O–H groups in total. The van der Waals surface area contributed by atoms with E-state index in [4.69, 9.17) is 9.47 Å². The monoisotopic (exact) mass is 321 g/mol. The molecule has 1 aliphatic heterocycles. The summed E-state index contributed by atoms with van der Waals surface area (Å²) in [7, 11) is 3.95. The summed E-state index contributed by atoms with van der Waals surface area (Å²) in [5.74, 6) is 0.933. The van der Waals surface area contributed by atoms with Crippen LogP contribution in [0.1, 0.15) is 13.3 Å². The van der Waals surface area contributed by atoms with Crippen molar-refractivity contribution >= 4 is 17.5 Å². The molecule has 0 atom stereocenters. The SMILES string of the molecule is CC(=O)N(CCCN(C)C)CC(=O)Nc1ccc2c(c1)OCO2. The van der Waals surface area contributed by atoms with E-state index in [2.05, 4.69) is 5.32 Å². The summed E-state index contributed by atoms with van der Waals surface area (Å²) in [6, 6.07) is 5.21. The van der Waals surface area contributed by atoms with Gasteiger partial charge in [0.2, 0.25) is 18.6 Å². The van der Waals surface area contributed by atoms with Crippen LogP contribution in [0.2, 0.25) is 0 Å². The third-order valence-electron chi connectivity index (χ3n) is 3.47. The molecule has 1 aliphatic rings. The maximum absolute atomic E-state index is 12.1. The Morgan fingerprint density at radius 2 is 1.91 bits per heavy atom. The third-order valence-corrected chi connectivity index (χ3v) is 3.47. The molecule has 7 nitrogen and oxygen atoms in total. The average Bonchev–Trinajstić information content (AvgIpc) is 2.93. The molecule has 1 aromatic carbocycles. The quantitative estimate of drug-likeness (QED) is 0.816. The van der Waals surface area contributed by atoms with E-state index in [1.165, 1.54) is 6.92 Å². The molecule has 0 radical (unpaired) electrons. The Morgan fingerprint density at radius 3 is 2.61 bits per heavy atom.